The van der Waals surface area contributed by atoms with E-state index < -0.39 is 5.60 Å². The van der Waals surface area contributed by atoms with Crippen molar-refractivity contribution in [2.45, 2.75) is 58.6 Å². The predicted molar refractivity (Wildman–Crippen MR) is 73.7 cm³/mol. The maximum Gasteiger partial charge on any atom is 0.410 e. The highest BCUT2D eigenvalue weighted by molar-refractivity contribution is 5.68. The first kappa shape index (κ1) is 15.3. The number of nitrogens with one attached hydrogen (secondary N) is 1. The minimum Gasteiger partial charge on any atom is -0.444 e. The summed E-state index contributed by atoms with van der Waals surface area (Å²) >= 11 is 0. The number of nitrogens with zero attached hydrogens (tertiary/aromatic N) is 1. The van der Waals surface area contributed by atoms with Crippen LogP contribution in [0.15, 0.2) is 0 Å². The maximum atomic E-state index is 12.0. The molecule has 1 aliphatic heterocycles. The summed E-state index contributed by atoms with van der Waals surface area (Å²) < 4.78 is 5.44. The number of likely N-dealkylation sites (tertiary alicyclic amines) is 1. The monoisotopic (exact) mass is 256 g/mol. The van der Waals surface area contributed by atoms with Crippen LogP contribution in [0.5, 0.6) is 0 Å². The summed E-state index contributed by atoms with van der Waals surface area (Å²) in [5, 5.41) is 3.35. The van der Waals surface area contributed by atoms with Gasteiger partial charge >= 0.3 is 6.09 Å². The molecule has 1 rings (SSSR count). The van der Waals surface area contributed by atoms with Crippen LogP contribution in [0.4, 0.5) is 4.79 Å². The fourth-order valence-corrected chi connectivity index (χ4v) is 2.60. The Balaban J connectivity index is 2.55. The van der Waals surface area contributed by atoms with E-state index in [4.69, 9.17) is 4.74 Å². The number of hydrogen-bond donors (Lipinski definition) is 1. The molecule has 0 bridgehead atoms. The molecule has 2 atom stereocenters. The van der Waals surface area contributed by atoms with Crippen LogP contribution in [0.1, 0.15) is 47.0 Å². The van der Waals surface area contributed by atoms with Gasteiger partial charge in [0.05, 0.1) is 0 Å². The summed E-state index contributed by atoms with van der Waals surface area (Å²) in [6, 6.07) is 0.496. The molecule has 1 fully saturated rings. The Morgan fingerprint density at radius 3 is 2.67 bits per heavy atom. The molecular formula is C14H28N2O2. The minimum atomic E-state index is -0.406. The van der Waals surface area contributed by atoms with E-state index in [0.717, 1.165) is 25.9 Å². The number of amides is 1. The lowest BCUT2D eigenvalue weighted by atomic mass is 9.89. The van der Waals surface area contributed by atoms with Gasteiger partial charge in [0.25, 0.3) is 0 Å². The van der Waals surface area contributed by atoms with Crippen LogP contribution in [-0.4, -0.2) is 42.8 Å². The molecule has 18 heavy (non-hydrogen) atoms. The zero-order valence-electron chi connectivity index (χ0n) is 12.5. The molecule has 0 unspecified atom stereocenters. The Labute approximate surface area is 111 Å². The van der Waals surface area contributed by atoms with Crippen LogP contribution < -0.4 is 5.32 Å². The van der Waals surface area contributed by atoms with E-state index in [1.807, 2.05) is 32.7 Å². The van der Waals surface area contributed by atoms with Gasteiger partial charge < -0.3 is 15.0 Å². The summed E-state index contributed by atoms with van der Waals surface area (Å²) in [7, 11) is 2.00. The normalized spacial score (nSPS) is 22.7. The number of ether oxygens (including phenoxy) is 1. The lowest BCUT2D eigenvalue weighted by Crippen LogP contribution is -2.48. The fourth-order valence-electron chi connectivity index (χ4n) is 2.60. The standard InChI is InChI=1S/C14H28N2O2/c1-6-12(15-5)11-8-7-9-16(10-11)13(17)18-14(2,3)4/h11-12,15H,6-10H2,1-5H3/t11-,12+/m1/s1. The second-order valence-corrected chi connectivity index (χ2v) is 6.13. The highest BCUT2D eigenvalue weighted by atomic mass is 16.6. The average Bonchev–Trinajstić information content (AvgIpc) is 2.29. The quantitative estimate of drug-likeness (QED) is 0.844. The number of carbonyl (C=O) groups excluding carboxylic acids is 1. The van der Waals surface area contributed by atoms with Gasteiger partial charge in [0.15, 0.2) is 0 Å². The van der Waals surface area contributed by atoms with Crippen LogP contribution >= 0.6 is 0 Å². The summed E-state index contributed by atoms with van der Waals surface area (Å²) in [6.45, 7) is 9.56. The molecule has 0 aromatic carbocycles. The number of hydrogen-bond acceptors (Lipinski definition) is 3. The van der Waals surface area contributed by atoms with Crippen molar-refractivity contribution in [3.05, 3.63) is 0 Å². The molecule has 0 spiro atoms. The Morgan fingerprint density at radius 1 is 1.50 bits per heavy atom. The van der Waals surface area contributed by atoms with Gasteiger partial charge in [-0.3, -0.25) is 0 Å². The molecule has 4 heteroatoms. The van der Waals surface area contributed by atoms with E-state index in [1.54, 1.807) is 0 Å². The van der Waals surface area contributed by atoms with E-state index in [2.05, 4.69) is 12.2 Å². The van der Waals surface area contributed by atoms with Crippen molar-refractivity contribution >= 4 is 6.09 Å². The number of rotatable bonds is 3. The van der Waals surface area contributed by atoms with Crippen molar-refractivity contribution in [3.8, 4) is 0 Å². The van der Waals surface area contributed by atoms with Crippen molar-refractivity contribution in [2.75, 3.05) is 20.1 Å². The number of piperidine rings is 1. The second kappa shape index (κ2) is 6.41. The lowest BCUT2D eigenvalue weighted by molar-refractivity contribution is 0.0145. The van der Waals surface area contributed by atoms with Crippen LogP contribution in [0.2, 0.25) is 0 Å². The zero-order chi connectivity index (χ0) is 13.8. The fraction of sp³-hybridized carbons (Fsp3) is 0.929. The van der Waals surface area contributed by atoms with Crippen LogP contribution in [-0.2, 0) is 4.74 Å². The van der Waals surface area contributed by atoms with E-state index in [9.17, 15) is 4.79 Å². The Bertz CT molecular complexity index is 269. The van der Waals surface area contributed by atoms with E-state index in [-0.39, 0.29) is 6.09 Å². The summed E-state index contributed by atoms with van der Waals surface area (Å²) in [4.78, 5) is 13.9. The van der Waals surface area contributed by atoms with Crippen molar-refractivity contribution in [3.63, 3.8) is 0 Å². The smallest absolute Gasteiger partial charge is 0.410 e. The molecule has 0 aliphatic carbocycles. The molecule has 0 aromatic heterocycles. The highest BCUT2D eigenvalue weighted by Crippen LogP contribution is 2.23. The van der Waals surface area contributed by atoms with E-state index in [0.29, 0.717) is 12.0 Å². The first-order chi connectivity index (χ1) is 8.37. The molecule has 1 heterocycles. The van der Waals surface area contributed by atoms with Gasteiger partial charge in [0.1, 0.15) is 5.60 Å². The molecule has 1 N–H and O–H groups in total. The number of carbonyl (C=O) groups is 1. The van der Waals surface area contributed by atoms with Gasteiger partial charge in [-0.25, -0.2) is 4.79 Å². The first-order valence-electron chi connectivity index (χ1n) is 7.02. The molecular weight excluding hydrogens is 228 g/mol. The van der Waals surface area contributed by atoms with Gasteiger partial charge in [0, 0.05) is 19.1 Å². The highest BCUT2D eigenvalue weighted by Gasteiger charge is 2.30. The third-order valence-corrected chi connectivity index (χ3v) is 3.49. The first-order valence-corrected chi connectivity index (χ1v) is 7.02. The van der Waals surface area contributed by atoms with Crippen LogP contribution in [0.3, 0.4) is 0 Å². The maximum absolute atomic E-state index is 12.0. The minimum absolute atomic E-state index is 0.168. The van der Waals surface area contributed by atoms with E-state index >= 15 is 0 Å². The van der Waals surface area contributed by atoms with Gasteiger partial charge in [-0.05, 0) is 53.0 Å². The topological polar surface area (TPSA) is 41.6 Å². The third-order valence-electron chi connectivity index (χ3n) is 3.49. The van der Waals surface area contributed by atoms with E-state index in [1.165, 1.54) is 6.42 Å². The predicted octanol–water partition coefficient (Wildman–Crippen LogP) is 2.63. The molecule has 1 saturated heterocycles. The van der Waals surface area contributed by atoms with Crippen molar-refractivity contribution in [1.29, 1.82) is 0 Å². The molecule has 1 amide bonds. The van der Waals surface area contributed by atoms with Gasteiger partial charge in [-0.1, -0.05) is 6.92 Å². The van der Waals surface area contributed by atoms with Crippen LogP contribution in [0, 0.1) is 5.92 Å². The Morgan fingerprint density at radius 2 is 2.17 bits per heavy atom. The van der Waals surface area contributed by atoms with Crippen molar-refractivity contribution in [1.82, 2.24) is 10.2 Å². The van der Waals surface area contributed by atoms with Crippen molar-refractivity contribution < 1.29 is 9.53 Å². The van der Waals surface area contributed by atoms with Gasteiger partial charge in [-0.15, -0.1) is 0 Å². The van der Waals surface area contributed by atoms with Crippen LogP contribution in [0.25, 0.3) is 0 Å². The summed E-state index contributed by atoms with van der Waals surface area (Å²) in [6.07, 6.45) is 3.20. The molecule has 0 radical (unpaired) electrons. The van der Waals surface area contributed by atoms with Gasteiger partial charge in [0.2, 0.25) is 0 Å². The molecule has 106 valence electrons. The third kappa shape index (κ3) is 4.48. The molecule has 4 nitrogen and oxygen atoms in total. The summed E-state index contributed by atoms with van der Waals surface area (Å²) in [5.41, 5.74) is -0.406. The van der Waals surface area contributed by atoms with Gasteiger partial charge in [-0.2, -0.15) is 0 Å². The molecule has 0 saturated carbocycles. The molecule has 1 aliphatic rings. The Kier molecular flexibility index (Phi) is 5.45. The summed E-state index contributed by atoms with van der Waals surface area (Å²) in [5.74, 6) is 0.543. The Hall–Kier alpha value is -0.770. The average molecular weight is 256 g/mol. The lowest BCUT2D eigenvalue weighted by Gasteiger charge is -2.37. The largest absolute Gasteiger partial charge is 0.444 e. The SMILES string of the molecule is CC[C@H](NC)[C@@H]1CCCN(C(=O)OC(C)(C)C)C1. The second-order valence-electron chi connectivity index (χ2n) is 6.13. The zero-order valence-corrected chi connectivity index (χ0v) is 12.5. The van der Waals surface area contributed by atoms with Crippen molar-refractivity contribution in [2.24, 2.45) is 5.92 Å². The molecule has 0 aromatic rings.